The molecule has 2 nitrogen and oxygen atoms in total. The van der Waals surface area contributed by atoms with E-state index >= 15 is 0 Å². The fraction of sp³-hybridized carbons (Fsp3) is 0.500. The zero-order valence-electron chi connectivity index (χ0n) is 10.8. The number of hydrogen-bond acceptors (Lipinski definition) is 2. The Hall–Kier alpha value is -0.930. The molecule has 1 rings (SSSR count). The van der Waals surface area contributed by atoms with E-state index in [1.165, 1.54) is 11.1 Å². The summed E-state index contributed by atoms with van der Waals surface area (Å²) >= 11 is 4.95. The van der Waals surface area contributed by atoms with Gasteiger partial charge in [0.2, 0.25) is 0 Å². The Morgan fingerprint density at radius 1 is 1.41 bits per heavy atom. The van der Waals surface area contributed by atoms with E-state index in [1.54, 1.807) is 0 Å². The normalized spacial score (nSPS) is 10.8. The maximum Gasteiger partial charge on any atom is 0.103 e. The maximum atomic E-state index is 5.65. The Kier molecular flexibility index (Phi) is 5.59. The molecule has 0 atom stereocenters. The molecule has 0 aliphatic heterocycles. The molecular weight excluding hydrogens is 230 g/mol. The minimum absolute atomic E-state index is 0.445. The summed E-state index contributed by atoms with van der Waals surface area (Å²) in [6, 6.07) is 6.01. The number of benzene rings is 1. The van der Waals surface area contributed by atoms with Gasteiger partial charge in [0.15, 0.2) is 0 Å². The van der Waals surface area contributed by atoms with Crippen molar-refractivity contribution < 1.29 is 4.74 Å². The number of aryl methyl sites for hydroxylation is 1. The second kappa shape index (κ2) is 6.72. The Morgan fingerprint density at radius 3 is 2.65 bits per heavy atom. The van der Waals surface area contributed by atoms with E-state index in [0.29, 0.717) is 17.5 Å². The average molecular weight is 251 g/mol. The first-order chi connectivity index (χ1) is 8.00. The van der Waals surface area contributed by atoms with Crippen LogP contribution in [-0.4, -0.2) is 11.6 Å². The van der Waals surface area contributed by atoms with Gasteiger partial charge in [-0.2, -0.15) is 0 Å². The molecule has 0 aliphatic rings. The van der Waals surface area contributed by atoms with Gasteiger partial charge >= 0.3 is 0 Å². The third kappa shape index (κ3) is 4.84. The molecule has 0 saturated heterocycles. The molecule has 0 spiro atoms. The van der Waals surface area contributed by atoms with Crippen LogP contribution < -0.4 is 5.73 Å². The first kappa shape index (κ1) is 14.1. The Bertz CT molecular complexity index is 388. The van der Waals surface area contributed by atoms with Crippen LogP contribution in [0.15, 0.2) is 18.2 Å². The summed E-state index contributed by atoms with van der Waals surface area (Å²) in [6.07, 6.45) is 1.10. The predicted octanol–water partition coefficient (Wildman–Crippen LogP) is 3.19. The van der Waals surface area contributed by atoms with Crippen molar-refractivity contribution in [2.75, 3.05) is 6.61 Å². The Morgan fingerprint density at radius 2 is 2.12 bits per heavy atom. The zero-order valence-corrected chi connectivity index (χ0v) is 11.6. The lowest BCUT2D eigenvalue weighted by atomic mass is 10.1. The minimum atomic E-state index is 0.445. The van der Waals surface area contributed by atoms with Crippen LogP contribution in [0.1, 0.15) is 37.0 Å². The number of thiocarbonyl (C=S) groups is 1. The molecule has 0 saturated carbocycles. The monoisotopic (exact) mass is 251 g/mol. The van der Waals surface area contributed by atoms with Crippen LogP contribution in [0.4, 0.5) is 0 Å². The SMILES string of the molecule is Cc1cc(C(N)=S)ccc1COCCC(C)C. The third-order valence-electron chi connectivity index (χ3n) is 2.72. The van der Waals surface area contributed by atoms with Gasteiger partial charge in [-0.15, -0.1) is 0 Å². The smallest absolute Gasteiger partial charge is 0.103 e. The van der Waals surface area contributed by atoms with Crippen molar-refractivity contribution in [1.29, 1.82) is 0 Å². The summed E-state index contributed by atoms with van der Waals surface area (Å²) < 4.78 is 5.65. The van der Waals surface area contributed by atoms with Crippen LogP contribution >= 0.6 is 12.2 Å². The second-order valence-electron chi connectivity index (χ2n) is 4.74. The van der Waals surface area contributed by atoms with Gasteiger partial charge in [0, 0.05) is 12.2 Å². The maximum absolute atomic E-state index is 5.65. The molecule has 94 valence electrons. The lowest BCUT2D eigenvalue weighted by Gasteiger charge is -2.10. The molecule has 3 heteroatoms. The highest BCUT2D eigenvalue weighted by Crippen LogP contribution is 2.13. The van der Waals surface area contributed by atoms with Crippen molar-refractivity contribution in [1.82, 2.24) is 0 Å². The van der Waals surface area contributed by atoms with Gasteiger partial charge in [-0.25, -0.2) is 0 Å². The van der Waals surface area contributed by atoms with Crippen LogP contribution in [0.25, 0.3) is 0 Å². The lowest BCUT2D eigenvalue weighted by Crippen LogP contribution is -2.10. The molecular formula is C14H21NOS. The van der Waals surface area contributed by atoms with Crippen LogP contribution in [-0.2, 0) is 11.3 Å². The third-order valence-corrected chi connectivity index (χ3v) is 2.96. The number of rotatable bonds is 6. The molecule has 0 aliphatic carbocycles. The van der Waals surface area contributed by atoms with E-state index in [9.17, 15) is 0 Å². The van der Waals surface area contributed by atoms with E-state index in [1.807, 2.05) is 18.2 Å². The lowest BCUT2D eigenvalue weighted by molar-refractivity contribution is 0.110. The van der Waals surface area contributed by atoms with E-state index in [2.05, 4.69) is 20.8 Å². The fourth-order valence-electron chi connectivity index (χ4n) is 1.51. The van der Waals surface area contributed by atoms with Gasteiger partial charge in [0.25, 0.3) is 0 Å². The summed E-state index contributed by atoms with van der Waals surface area (Å²) in [5.74, 6) is 0.688. The molecule has 2 N–H and O–H groups in total. The standard InChI is InChI=1S/C14H21NOS/c1-10(2)6-7-16-9-13-5-4-12(14(15)17)8-11(13)3/h4-5,8,10H,6-7,9H2,1-3H3,(H2,15,17). The summed E-state index contributed by atoms with van der Waals surface area (Å²) in [6.45, 7) is 7.93. The van der Waals surface area contributed by atoms with E-state index in [-0.39, 0.29) is 0 Å². The fourth-order valence-corrected chi connectivity index (χ4v) is 1.64. The molecule has 17 heavy (non-hydrogen) atoms. The predicted molar refractivity (Wildman–Crippen MR) is 76.2 cm³/mol. The highest BCUT2D eigenvalue weighted by Gasteiger charge is 2.02. The van der Waals surface area contributed by atoms with E-state index in [4.69, 9.17) is 22.7 Å². The summed E-state index contributed by atoms with van der Waals surface area (Å²) in [5, 5.41) is 0. The van der Waals surface area contributed by atoms with Gasteiger partial charge in [0.1, 0.15) is 4.99 Å². The van der Waals surface area contributed by atoms with Crippen molar-refractivity contribution in [3.63, 3.8) is 0 Å². The van der Waals surface area contributed by atoms with Crippen molar-refractivity contribution in [3.8, 4) is 0 Å². The summed E-state index contributed by atoms with van der Waals surface area (Å²) in [4.78, 5) is 0.445. The number of nitrogens with two attached hydrogens (primary N) is 1. The van der Waals surface area contributed by atoms with Crippen LogP contribution in [0.2, 0.25) is 0 Å². The van der Waals surface area contributed by atoms with Crippen LogP contribution in [0.3, 0.4) is 0 Å². The van der Waals surface area contributed by atoms with Crippen molar-refractivity contribution >= 4 is 17.2 Å². The number of hydrogen-bond donors (Lipinski definition) is 1. The zero-order chi connectivity index (χ0) is 12.8. The largest absolute Gasteiger partial charge is 0.389 e. The molecule has 0 radical (unpaired) electrons. The minimum Gasteiger partial charge on any atom is -0.389 e. The van der Waals surface area contributed by atoms with Crippen molar-refractivity contribution in [3.05, 3.63) is 34.9 Å². The Labute approximate surface area is 109 Å². The van der Waals surface area contributed by atoms with Crippen molar-refractivity contribution in [2.45, 2.75) is 33.8 Å². The first-order valence-electron chi connectivity index (χ1n) is 5.97. The molecule has 0 fully saturated rings. The van der Waals surface area contributed by atoms with Crippen molar-refractivity contribution in [2.24, 2.45) is 11.7 Å². The molecule has 1 aromatic rings. The molecule has 1 aromatic carbocycles. The molecule has 0 bridgehead atoms. The molecule has 0 unspecified atom stereocenters. The molecule has 0 aromatic heterocycles. The molecule has 0 amide bonds. The van der Waals surface area contributed by atoms with Gasteiger partial charge < -0.3 is 10.5 Å². The van der Waals surface area contributed by atoms with Gasteiger partial charge in [-0.1, -0.05) is 38.2 Å². The van der Waals surface area contributed by atoms with Gasteiger partial charge in [-0.05, 0) is 36.5 Å². The average Bonchev–Trinajstić information content (AvgIpc) is 2.25. The summed E-state index contributed by atoms with van der Waals surface area (Å²) in [5.41, 5.74) is 8.89. The topological polar surface area (TPSA) is 35.2 Å². The van der Waals surface area contributed by atoms with Gasteiger partial charge in [0.05, 0.1) is 6.61 Å². The number of ether oxygens (including phenoxy) is 1. The van der Waals surface area contributed by atoms with Gasteiger partial charge in [-0.3, -0.25) is 0 Å². The second-order valence-corrected chi connectivity index (χ2v) is 5.18. The highest BCUT2D eigenvalue weighted by atomic mass is 32.1. The highest BCUT2D eigenvalue weighted by molar-refractivity contribution is 7.80. The quantitative estimate of drug-likeness (QED) is 0.623. The Balaban J connectivity index is 2.52. The van der Waals surface area contributed by atoms with Crippen LogP contribution in [0.5, 0.6) is 0 Å². The van der Waals surface area contributed by atoms with Crippen LogP contribution in [0, 0.1) is 12.8 Å². The summed E-state index contributed by atoms with van der Waals surface area (Å²) in [7, 11) is 0. The first-order valence-corrected chi connectivity index (χ1v) is 6.38. The van der Waals surface area contributed by atoms with E-state index in [0.717, 1.165) is 18.6 Å². The van der Waals surface area contributed by atoms with E-state index < -0.39 is 0 Å². The molecule has 0 heterocycles.